The highest BCUT2D eigenvalue weighted by molar-refractivity contribution is 5.16. The maximum absolute atomic E-state index is 10.1. The summed E-state index contributed by atoms with van der Waals surface area (Å²) in [5.41, 5.74) is 1.11. The summed E-state index contributed by atoms with van der Waals surface area (Å²) in [7, 11) is 0. The zero-order valence-corrected chi connectivity index (χ0v) is 11.1. The van der Waals surface area contributed by atoms with Crippen LogP contribution >= 0.6 is 0 Å². The van der Waals surface area contributed by atoms with E-state index in [0.717, 1.165) is 18.7 Å². The summed E-state index contributed by atoms with van der Waals surface area (Å²) in [4.78, 5) is 2.56. The SMILES string of the molecule is OC(c1ccn(CCN2CCCCC2)c1)C1CC1. The van der Waals surface area contributed by atoms with Gasteiger partial charge in [0.1, 0.15) is 0 Å². The summed E-state index contributed by atoms with van der Waals surface area (Å²) in [5.74, 6) is 0.531. The van der Waals surface area contributed by atoms with Gasteiger partial charge in [0, 0.05) is 25.5 Å². The number of piperidine rings is 1. The van der Waals surface area contributed by atoms with E-state index in [-0.39, 0.29) is 6.10 Å². The van der Waals surface area contributed by atoms with Crippen LogP contribution in [0, 0.1) is 5.92 Å². The molecule has 1 saturated heterocycles. The molecule has 2 aliphatic rings. The van der Waals surface area contributed by atoms with Crippen LogP contribution < -0.4 is 0 Å². The zero-order valence-electron chi connectivity index (χ0n) is 11.1. The fourth-order valence-electron chi connectivity index (χ4n) is 2.90. The smallest absolute Gasteiger partial charge is 0.0832 e. The van der Waals surface area contributed by atoms with Gasteiger partial charge in [0.15, 0.2) is 0 Å². The Bertz CT molecular complexity index is 378. The van der Waals surface area contributed by atoms with Crippen LogP contribution in [-0.2, 0) is 6.54 Å². The van der Waals surface area contributed by atoms with Crippen LogP contribution in [0.5, 0.6) is 0 Å². The third kappa shape index (κ3) is 2.96. The first-order valence-corrected chi connectivity index (χ1v) is 7.39. The molecule has 2 fully saturated rings. The Labute approximate surface area is 109 Å². The summed E-state index contributed by atoms with van der Waals surface area (Å²) in [6.07, 6.45) is 10.5. The Morgan fingerprint density at radius 2 is 1.94 bits per heavy atom. The number of hydrogen-bond donors (Lipinski definition) is 1. The van der Waals surface area contributed by atoms with Crippen molar-refractivity contribution in [1.29, 1.82) is 0 Å². The van der Waals surface area contributed by atoms with Crippen molar-refractivity contribution in [1.82, 2.24) is 9.47 Å². The Morgan fingerprint density at radius 1 is 1.17 bits per heavy atom. The number of aliphatic hydroxyl groups is 1. The summed E-state index contributed by atoms with van der Waals surface area (Å²) < 4.78 is 2.23. The quantitative estimate of drug-likeness (QED) is 0.867. The average Bonchev–Trinajstić information content (AvgIpc) is 3.15. The van der Waals surface area contributed by atoms with Crippen LogP contribution in [-0.4, -0.2) is 34.2 Å². The topological polar surface area (TPSA) is 28.4 Å². The molecule has 1 aromatic rings. The van der Waals surface area contributed by atoms with Crippen LogP contribution in [0.15, 0.2) is 18.5 Å². The Balaban J connectivity index is 1.50. The highest BCUT2D eigenvalue weighted by atomic mass is 16.3. The molecule has 100 valence electrons. The van der Waals surface area contributed by atoms with Crippen LogP contribution in [0.2, 0.25) is 0 Å². The van der Waals surface area contributed by atoms with Crippen molar-refractivity contribution in [2.45, 2.75) is 44.8 Å². The van der Waals surface area contributed by atoms with E-state index in [4.69, 9.17) is 0 Å². The van der Waals surface area contributed by atoms with E-state index in [9.17, 15) is 5.11 Å². The van der Waals surface area contributed by atoms with Gasteiger partial charge in [-0.3, -0.25) is 0 Å². The number of aliphatic hydroxyl groups excluding tert-OH is 1. The van der Waals surface area contributed by atoms with E-state index in [1.807, 2.05) is 0 Å². The van der Waals surface area contributed by atoms with Crippen molar-refractivity contribution in [3.8, 4) is 0 Å². The standard InChI is InChI=1S/C15H24N2O/c18-15(13-4-5-13)14-6-9-17(12-14)11-10-16-7-2-1-3-8-16/h6,9,12-13,15,18H,1-5,7-8,10-11H2. The molecule has 1 N–H and O–H groups in total. The molecule has 0 bridgehead atoms. The summed E-state index contributed by atoms with van der Waals surface area (Å²) in [6, 6.07) is 2.08. The number of aromatic nitrogens is 1. The first-order chi connectivity index (χ1) is 8.83. The molecule has 1 atom stereocenters. The number of rotatable bonds is 5. The Hall–Kier alpha value is -0.800. The molecule has 1 aliphatic heterocycles. The first kappa shape index (κ1) is 12.2. The molecule has 1 aliphatic carbocycles. The molecule has 0 amide bonds. The maximum atomic E-state index is 10.1. The molecule has 0 radical (unpaired) electrons. The molecule has 1 saturated carbocycles. The van der Waals surface area contributed by atoms with Gasteiger partial charge in [0.25, 0.3) is 0 Å². The molecule has 1 unspecified atom stereocenters. The molecule has 2 heterocycles. The van der Waals surface area contributed by atoms with Gasteiger partial charge in [-0.1, -0.05) is 6.42 Å². The average molecular weight is 248 g/mol. The Morgan fingerprint density at radius 3 is 2.67 bits per heavy atom. The molecule has 3 heteroatoms. The lowest BCUT2D eigenvalue weighted by Crippen LogP contribution is -2.32. The fourth-order valence-corrected chi connectivity index (χ4v) is 2.90. The molecule has 3 rings (SSSR count). The second-order valence-corrected chi connectivity index (χ2v) is 5.87. The van der Waals surface area contributed by atoms with Gasteiger partial charge >= 0.3 is 0 Å². The minimum atomic E-state index is -0.221. The second-order valence-electron chi connectivity index (χ2n) is 5.87. The van der Waals surface area contributed by atoms with Crippen molar-refractivity contribution >= 4 is 0 Å². The third-order valence-corrected chi connectivity index (χ3v) is 4.31. The van der Waals surface area contributed by atoms with Crippen LogP contribution in [0.3, 0.4) is 0 Å². The van der Waals surface area contributed by atoms with Gasteiger partial charge in [-0.2, -0.15) is 0 Å². The van der Waals surface area contributed by atoms with Crippen LogP contribution in [0.25, 0.3) is 0 Å². The highest BCUT2D eigenvalue weighted by Gasteiger charge is 2.31. The number of nitrogens with zero attached hydrogens (tertiary/aromatic N) is 2. The van der Waals surface area contributed by atoms with E-state index in [1.165, 1.54) is 45.2 Å². The lowest BCUT2D eigenvalue weighted by molar-refractivity contribution is 0.153. The predicted molar refractivity (Wildman–Crippen MR) is 72.4 cm³/mol. The van der Waals surface area contributed by atoms with Gasteiger partial charge in [0.05, 0.1) is 6.10 Å². The van der Waals surface area contributed by atoms with Gasteiger partial charge in [0.2, 0.25) is 0 Å². The summed E-state index contributed by atoms with van der Waals surface area (Å²) in [6.45, 7) is 4.72. The predicted octanol–water partition coefficient (Wildman–Crippen LogP) is 2.42. The van der Waals surface area contributed by atoms with Gasteiger partial charge < -0.3 is 14.6 Å². The minimum Gasteiger partial charge on any atom is -0.388 e. The Kier molecular flexibility index (Phi) is 3.71. The number of likely N-dealkylation sites (tertiary alicyclic amines) is 1. The van der Waals surface area contributed by atoms with E-state index in [2.05, 4.69) is 27.9 Å². The van der Waals surface area contributed by atoms with Crippen molar-refractivity contribution in [2.24, 2.45) is 5.92 Å². The monoisotopic (exact) mass is 248 g/mol. The second kappa shape index (κ2) is 5.45. The summed E-state index contributed by atoms with van der Waals surface area (Å²) >= 11 is 0. The molecule has 18 heavy (non-hydrogen) atoms. The highest BCUT2D eigenvalue weighted by Crippen LogP contribution is 2.40. The normalized spacial score (nSPS) is 23.2. The van der Waals surface area contributed by atoms with Crippen LogP contribution in [0.4, 0.5) is 0 Å². The van der Waals surface area contributed by atoms with Gasteiger partial charge in [-0.05, 0) is 56.3 Å². The first-order valence-electron chi connectivity index (χ1n) is 7.39. The van der Waals surface area contributed by atoms with Gasteiger partial charge in [-0.15, -0.1) is 0 Å². The molecule has 1 aromatic heterocycles. The molecule has 0 aromatic carbocycles. The van der Waals surface area contributed by atoms with Crippen molar-refractivity contribution in [3.05, 3.63) is 24.0 Å². The van der Waals surface area contributed by atoms with Crippen molar-refractivity contribution in [2.75, 3.05) is 19.6 Å². The van der Waals surface area contributed by atoms with Crippen molar-refractivity contribution in [3.63, 3.8) is 0 Å². The number of hydrogen-bond acceptors (Lipinski definition) is 2. The van der Waals surface area contributed by atoms with E-state index < -0.39 is 0 Å². The molecule has 3 nitrogen and oxygen atoms in total. The molecular formula is C15H24N2O. The molecular weight excluding hydrogens is 224 g/mol. The lowest BCUT2D eigenvalue weighted by Gasteiger charge is -2.26. The van der Waals surface area contributed by atoms with Crippen molar-refractivity contribution < 1.29 is 5.11 Å². The van der Waals surface area contributed by atoms with E-state index in [0.29, 0.717) is 5.92 Å². The molecule has 0 spiro atoms. The van der Waals surface area contributed by atoms with Gasteiger partial charge in [-0.25, -0.2) is 0 Å². The minimum absolute atomic E-state index is 0.221. The largest absolute Gasteiger partial charge is 0.388 e. The maximum Gasteiger partial charge on any atom is 0.0832 e. The van der Waals surface area contributed by atoms with Crippen LogP contribution in [0.1, 0.15) is 43.8 Å². The third-order valence-electron chi connectivity index (χ3n) is 4.31. The zero-order chi connectivity index (χ0) is 12.4. The van der Waals surface area contributed by atoms with E-state index >= 15 is 0 Å². The van der Waals surface area contributed by atoms with E-state index in [1.54, 1.807) is 0 Å². The fraction of sp³-hybridized carbons (Fsp3) is 0.733. The summed E-state index contributed by atoms with van der Waals surface area (Å²) in [5, 5.41) is 10.1. The lowest BCUT2D eigenvalue weighted by atomic mass is 10.1.